The molecule has 0 radical (unpaired) electrons. The third-order valence-electron chi connectivity index (χ3n) is 3.27. The standard InChI is InChI=1S/C16H14N4O4/c1-23-14-5-3-2-4-11(14)12-6-10(24-20-12)7-19-16(22)13-8-18-15(21)9-17-13/h2-6,8-9H,7H2,1H3,(H,18,21)(H,19,22). The van der Waals surface area contributed by atoms with Crippen molar-refractivity contribution in [1.82, 2.24) is 20.4 Å². The Labute approximate surface area is 136 Å². The topological polar surface area (TPSA) is 110 Å². The molecule has 0 spiro atoms. The Morgan fingerprint density at radius 2 is 2.21 bits per heavy atom. The summed E-state index contributed by atoms with van der Waals surface area (Å²) in [7, 11) is 1.58. The summed E-state index contributed by atoms with van der Waals surface area (Å²) in [5.74, 6) is 0.731. The normalized spacial score (nSPS) is 10.4. The van der Waals surface area contributed by atoms with Gasteiger partial charge >= 0.3 is 0 Å². The molecule has 122 valence electrons. The van der Waals surface area contributed by atoms with Gasteiger partial charge < -0.3 is 19.6 Å². The van der Waals surface area contributed by atoms with Gasteiger partial charge in [-0.3, -0.25) is 9.59 Å². The van der Waals surface area contributed by atoms with Crippen LogP contribution in [0.5, 0.6) is 5.75 Å². The average Bonchev–Trinajstić information content (AvgIpc) is 3.09. The molecule has 2 heterocycles. The van der Waals surface area contributed by atoms with Gasteiger partial charge in [0.1, 0.15) is 17.1 Å². The van der Waals surface area contributed by atoms with Crippen LogP contribution in [0.3, 0.4) is 0 Å². The Morgan fingerprint density at radius 1 is 1.38 bits per heavy atom. The average molecular weight is 326 g/mol. The molecule has 0 saturated carbocycles. The van der Waals surface area contributed by atoms with Crippen LogP contribution >= 0.6 is 0 Å². The molecule has 2 N–H and O–H groups in total. The smallest absolute Gasteiger partial charge is 0.271 e. The van der Waals surface area contributed by atoms with Gasteiger partial charge in [0.05, 0.1) is 19.9 Å². The first-order chi connectivity index (χ1) is 11.7. The van der Waals surface area contributed by atoms with Crippen LogP contribution in [0.4, 0.5) is 0 Å². The molecule has 0 saturated heterocycles. The second-order valence-electron chi connectivity index (χ2n) is 4.86. The van der Waals surface area contributed by atoms with Crippen molar-refractivity contribution in [2.24, 2.45) is 0 Å². The van der Waals surface area contributed by atoms with E-state index in [-0.39, 0.29) is 17.8 Å². The number of amides is 1. The molecule has 0 atom stereocenters. The quantitative estimate of drug-likeness (QED) is 0.732. The summed E-state index contributed by atoms with van der Waals surface area (Å²) in [6.07, 6.45) is 2.29. The maximum atomic E-state index is 11.9. The van der Waals surface area contributed by atoms with Crippen LogP contribution in [0.25, 0.3) is 11.3 Å². The lowest BCUT2D eigenvalue weighted by atomic mass is 10.1. The van der Waals surface area contributed by atoms with E-state index in [0.717, 1.165) is 11.8 Å². The largest absolute Gasteiger partial charge is 0.496 e. The molecule has 24 heavy (non-hydrogen) atoms. The molecule has 1 aromatic carbocycles. The van der Waals surface area contributed by atoms with E-state index in [1.54, 1.807) is 13.2 Å². The van der Waals surface area contributed by atoms with Crippen molar-refractivity contribution in [1.29, 1.82) is 0 Å². The zero-order chi connectivity index (χ0) is 16.9. The van der Waals surface area contributed by atoms with Gasteiger partial charge in [-0.1, -0.05) is 17.3 Å². The van der Waals surface area contributed by atoms with E-state index < -0.39 is 5.91 Å². The molecule has 2 aromatic heterocycles. The first kappa shape index (κ1) is 15.5. The SMILES string of the molecule is COc1ccccc1-c1cc(CNC(=O)c2c[nH]c(=O)cn2)on1. The number of hydrogen-bond donors (Lipinski definition) is 2. The summed E-state index contributed by atoms with van der Waals surface area (Å²) >= 11 is 0. The third-order valence-corrected chi connectivity index (χ3v) is 3.27. The van der Waals surface area contributed by atoms with Crippen LogP contribution in [0.15, 0.2) is 52.0 Å². The first-order valence-electron chi connectivity index (χ1n) is 7.09. The van der Waals surface area contributed by atoms with Crippen molar-refractivity contribution >= 4 is 5.91 Å². The van der Waals surface area contributed by atoms with Gasteiger partial charge in [-0.25, -0.2) is 4.98 Å². The summed E-state index contributed by atoms with van der Waals surface area (Å²) in [4.78, 5) is 29.0. The number of carbonyl (C=O) groups excluding carboxylic acids is 1. The number of carbonyl (C=O) groups is 1. The Morgan fingerprint density at radius 3 is 2.96 bits per heavy atom. The van der Waals surface area contributed by atoms with Crippen LogP contribution < -0.4 is 15.6 Å². The van der Waals surface area contributed by atoms with Gasteiger partial charge in [-0.05, 0) is 12.1 Å². The van der Waals surface area contributed by atoms with Crippen molar-refractivity contribution in [3.63, 3.8) is 0 Å². The van der Waals surface area contributed by atoms with Crippen LogP contribution in [0.2, 0.25) is 0 Å². The lowest BCUT2D eigenvalue weighted by molar-refractivity contribution is 0.0941. The van der Waals surface area contributed by atoms with Gasteiger partial charge in [0.15, 0.2) is 5.76 Å². The maximum Gasteiger partial charge on any atom is 0.271 e. The van der Waals surface area contributed by atoms with Crippen molar-refractivity contribution in [3.8, 4) is 17.0 Å². The molecule has 0 bridgehead atoms. The fourth-order valence-electron chi connectivity index (χ4n) is 2.10. The number of benzene rings is 1. The minimum Gasteiger partial charge on any atom is -0.496 e. The van der Waals surface area contributed by atoms with Crippen molar-refractivity contribution in [2.45, 2.75) is 6.54 Å². The van der Waals surface area contributed by atoms with Gasteiger partial charge in [0.25, 0.3) is 11.5 Å². The molecule has 3 rings (SSSR count). The predicted octanol–water partition coefficient (Wildman–Crippen LogP) is 1.36. The molecule has 8 nitrogen and oxygen atoms in total. The third kappa shape index (κ3) is 3.32. The number of para-hydroxylation sites is 1. The number of ether oxygens (including phenoxy) is 1. The van der Waals surface area contributed by atoms with Crippen LogP contribution in [0.1, 0.15) is 16.2 Å². The molecule has 8 heteroatoms. The monoisotopic (exact) mass is 326 g/mol. The number of rotatable bonds is 5. The lowest BCUT2D eigenvalue weighted by Gasteiger charge is -2.03. The van der Waals surface area contributed by atoms with E-state index in [2.05, 4.69) is 20.4 Å². The van der Waals surface area contributed by atoms with Crippen LogP contribution in [-0.4, -0.2) is 28.1 Å². The Hall–Kier alpha value is -3.42. The molecule has 0 unspecified atom stereocenters. The fraction of sp³-hybridized carbons (Fsp3) is 0.125. The van der Waals surface area contributed by atoms with E-state index >= 15 is 0 Å². The molecular weight excluding hydrogens is 312 g/mol. The van der Waals surface area contributed by atoms with E-state index in [4.69, 9.17) is 9.26 Å². The number of aromatic nitrogens is 3. The summed E-state index contributed by atoms with van der Waals surface area (Å²) < 4.78 is 10.5. The fourth-order valence-corrected chi connectivity index (χ4v) is 2.10. The van der Waals surface area contributed by atoms with Crippen molar-refractivity contribution < 1.29 is 14.1 Å². The van der Waals surface area contributed by atoms with E-state index in [1.165, 1.54) is 6.20 Å². The highest BCUT2D eigenvalue weighted by molar-refractivity contribution is 5.91. The van der Waals surface area contributed by atoms with Gasteiger partial charge in [0, 0.05) is 17.8 Å². The number of hydrogen-bond acceptors (Lipinski definition) is 6. The highest BCUT2D eigenvalue weighted by atomic mass is 16.5. The number of nitrogens with one attached hydrogen (secondary N) is 2. The Bertz CT molecular complexity index is 896. The second-order valence-corrected chi connectivity index (χ2v) is 4.86. The van der Waals surface area contributed by atoms with E-state index in [0.29, 0.717) is 17.2 Å². The number of aromatic amines is 1. The van der Waals surface area contributed by atoms with E-state index in [9.17, 15) is 9.59 Å². The summed E-state index contributed by atoms with van der Waals surface area (Å²) in [5, 5.41) is 6.63. The molecular formula is C16H14N4O4. The van der Waals surface area contributed by atoms with Gasteiger partial charge in [-0.15, -0.1) is 0 Å². The molecule has 0 aliphatic heterocycles. The van der Waals surface area contributed by atoms with E-state index in [1.807, 2.05) is 24.3 Å². The summed E-state index contributed by atoms with van der Waals surface area (Å²) in [5.41, 5.74) is 1.14. The Balaban J connectivity index is 1.69. The van der Waals surface area contributed by atoms with Gasteiger partial charge in [0.2, 0.25) is 0 Å². The molecule has 1 amide bonds. The second kappa shape index (κ2) is 6.78. The van der Waals surface area contributed by atoms with Crippen molar-refractivity contribution in [3.05, 3.63) is 64.5 Å². The minimum atomic E-state index is -0.429. The minimum absolute atomic E-state index is 0.110. The lowest BCUT2D eigenvalue weighted by Crippen LogP contribution is -2.24. The molecule has 0 aliphatic rings. The number of nitrogens with zero attached hydrogens (tertiary/aromatic N) is 2. The Kier molecular flexibility index (Phi) is 4.37. The zero-order valence-corrected chi connectivity index (χ0v) is 12.8. The van der Waals surface area contributed by atoms with Crippen molar-refractivity contribution in [2.75, 3.05) is 7.11 Å². The van der Waals surface area contributed by atoms with Crippen LogP contribution in [-0.2, 0) is 6.54 Å². The number of methoxy groups -OCH3 is 1. The maximum absolute atomic E-state index is 11.9. The number of H-pyrrole nitrogens is 1. The highest BCUT2D eigenvalue weighted by Crippen LogP contribution is 2.28. The summed E-state index contributed by atoms with van der Waals surface area (Å²) in [6.45, 7) is 0.141. The molecule has 3 aromatic rings. The molecule has 0 aliphatic carbocycles. The summed E-state index contributed by atoms with van der Waals surface area (Å²) in [6, 6.07) is 9.14. The highest BCUT2D eigenvalue weighted by Gasteiger charge is 2.12. The predicted molar refractivity (Wildman–Crippen MR) is 84.5 cm³/mol. The molecule has 0 fully saturated rings. The zero-order valence-electron chi connectivity index (χ0n) is 12.8. The van der Waals surface area contributed by atoms with Gasteiger partial charge in [-0.2, -0.15) is 0 Å². The van der Waals surface area contributed by atoms with Crippen LogP contribution in [0, 0.1) is 0 Å². The first-order valence-corrected chi connectivity index (χ1v) is 7.09.